The molecule has 144 valence electrons. The number of anilines is 1. The molecule has 2 N–H and O–H groups in total. The molecular formula is C18H17F4N3OS. The second-order valence-corrected chi connectivity index (χ2v) is 7.99. The lowest BCUT2D eigenvalue weighted by atomic mass is 9.84. The maximum absolute atomic E-state index is 13.3. The van der Waals surface area contributed by atoms with Gasteiger partial charge in [0.1, 0.15) is 10.6 Å². The molecule has 27 heavy (non-hydrogen) atoms. The molecule has 0 amide bonds. The average Bonchev–Trinajstić information content (AvgIpc) is 3.24. The maximum Gasteiger partial charge on any atom is 0.295 e. The van der Waals surface area contributed by atoms with E-state index in [-0.39, 0.29) is 36.2 Å². The standard InChI is InChI=1S/C18H17F4N3OS/c19-14(20)12-1-2-13(26-12)16-24-15(23)11-8-10(27-17(11)25-16)7-9-3-5-18(21,22)6-4-9/h1-2,8-9,14H,3-7H2,(H2,23,24,25). The first-order valence-electron chi connectivity index (χ1n) is 8.63. The van der Waals surface area contributed by atoms with Crippen LogP contribution >= 0.6 is 11.3 Å². The van der Waals surface area contributed by atoms with Gasteiger partial charge in [-0.2, -0.15) is 0 Å². The van der Waals surface area contributed by atoms with Crippen LogP contribution in [-0.4, -0.2) is 15.9 Å². The van der Waals surface area contributed by atoms with E-state index in [4.69, 9.17) is 10.2 Å². The first-order valence-corrected chi connectivity index (χ1v) is 9.44. The third-order valence-electron chi connectivity index (χ3n) is 4.86. The molecule has 0 atom stereocenters. The van der Waals surface area contributed by atoms with Crippen molar-refractivity contribution in [2.45, 2.75) is 44.5 Å². The van der Waals surface area contributed by atoms with E-state index in [1.54, 1.807) is 0 Å². The van der Waals surface area contributed by atoms with Gasteiger partial charge in [0.05, 0.1) is 5.39 Å². The monoisotopic (exact) mass is 399 g/mol. The number of furan rings is 1. The summed E-state index contributed by atoms with van der Waals surface area (Å²) in [5, 5.41) is 0.681. The minimum atomic E-state index is -2.71. The fourth-order valence-electron chi connectivity index (χ4n) is 3.38. The van der Waals surface area contributed by atoms with Gasteiger partial charge in [-0.15, -0.1) is 11.3 Å². The van der Waals surface area contributed by atoms with Crippen LogP contribution in [0.3, 0.4) is 0 Å². The van der Waals surface area contributed by atoms with Gasteiger partial charge in [-0.05, 0) is 43.4 Å². The minimum Gasteiger partial charge on any atom is -0.452 e. The van der Waals surface area contributed by atoms with E-state index in [9.17, 15) is 17.6 Å². The van der Waals surface area contributed by atoms with Crippen molar-refractivity contribution in [3.8, 4) is 11.6 Å². The Hall–Kier alpha value is -2.16. The van der Waals surface area contributed by atoms with Gasteiger partial charge in [-0.25, -0.2) is 27.5 Å². The van der Waals surface area contributed by atoms with Crippen molar-refractivity contribution in [3.63, 3.8) is 0 Å². The lowest BCUT2D eigenvalue weighted by Crippen LogP contribution is -2.25. The number of hydrogen-bond acceptors (Lipinski definition) is 5. The maximum atomic E-state index is 13.3. The predicted octanol–water partition coefficient (Wildman–Crippen LogP) is 5.84. The van der Waals surface area contributed by atoms with Gasteiger partial charge in [0.2, 0.25) is 5.92 Å². The Labute approximate surface area is 156 Å². The summed E-state index contributed by atoms with van der Waals surface area (Å²) in [5.41, 5.74) is 6.01. The van der Waals surface area contributed by atoms with Crippen molar-refractivity contribution in [1.82, 2.24) is 9.97 Å². The average molecular weight is 399 g/mol. The van der Waals surface area contributed by atoms with Gasteiger partial charge in [-0.1, -0.05) is 0 Å². The molecule has 1 aliphatic carbocycles. The smallest absolute Gasteiger partial charge is 0.295 e. The van der Waals surface area contributed by atoms with Gasteiger partial charge in [0, 0.05) is 17.7 Å². The topological polar surface area (TPSA) is 64.9 Å². The van der Waals surface area contributed by atoms with Crippen LogP contribution in [0.2, 0.25) is 0 Å². The molecule has 1 fully saturated rings. The zero-order valence-electron chi connectivity index (χ0n) is 14.2. The molecule has 3 aromatic rings. The first-order chi connectivity index (χ1) is 12.8. The second-order valence-electron chi connectivity index (χ2n) is 6.87. The number of nitrogens with zero attached hydrogens (tertiary/aromatic N) is 2. The summed E-state index contributed by atoms with van der Waals surface area (Å²) in [6.07, 6.45) is -1.16. The Bertz CT molecular complexity index is 959. The molecule has 0 aliphatic heterocycles. The SMILES string of the molecule is Nc1nc(-c2ccc(C(F)F)o2)nc2sc(CC3CCC(F)(F)CC3)cc12. The Balaban J connectivity index is 1.58. The largest absolute Gasteiger partial charge is 0.452 e. The van der Waals surface area contributed by atoms with E-state index in [0.29, 0.717) is 29.5 Å². The summed E-state index contributed by atoms with van der Waals surface area (Å²) in [5.74, 6) is -2.26. The lowest BCUT2D eigenvalue weighted by molar-refractivity contribution is -0.0455. The van der Waals surface area contributed by atoms with Crippen molar-refractivity contribution in [2.75, 3.05) is 5.73 Å². The van der Waals surface area contributed by atoms with Crippen LogP contribution in [0.5, 0.6) is 0 Å². The number of halogens is 4. The van der Waals surface area contributed by atoms with Gasteiger partial charge in [0.25, 0.3) is 6.43 Å². The van der Waals surface area contributed by atoms with Crippen LogP contribution < -0.4 is 5.73 Å². The minimum absolute atomic E-state index is 0.0698. The normalized spacial score (nSPS) is 17.8. The molecular weight excluding hydrogens is 382 g/mol. The van der Waals surface area contributed by atoms with E-state index < -0.39 is 18.1 Å². The second kappa shape index (κ2) is 6.78. The summed E-state index contributed by atoms with van der Waals surface area (Å²) in [7, 11) is 0. The van der Waals surface area contributed by atoms with Crippen LogP contribution in [0.4, 0.5) is 23.4 Å². The Morgan fingerprint density at radius 1 is 1.22 bits per heavy atom. The van der Waals surface area contributed by atoms with Gasteiger partial charge in [-0.3, -0.25) is 0 Å². The van der Waals surface area contributed by atoms with Crippen LogP contribution in [0.15, 0.2) is 22.6 Å². The van der Waals surface area contributed by atoms with Gasteiger partial charge >= 0.3 is 0 Å². The number of fused-ring (bicyclic) bond motifs is 1. The molecule has 1 saturated carbocycles. The fourth-order valence-corrected chi connectivity index (χ4v) is 4.53. The highest BCUT2D eigenvalue weighted by Crippen LogP contribution is 2.39. The number of thiophene rings is 1. The number of aromatic nitrogens is 2. The molecule has 4 nitrogen and oxygen atoms in total. The number of nitrogen functional groups attached to an aromatic ring is 1. The van der Waals surface area contributed by atoms with Crippen LogP contribution in [-0.2, 0) is 6.42 Å². The van der Waals surface area contributed by atoms with E-state index in [0.717, 1.165) is 4.88 Å². The third kappa shape index (κ3) is 3.78. The fraction of sp³-hybridized carbons (Fsp3) is 0.444. The van der Waals surface area contributed by atoms with E-state index in [2.05, 4.69) is 9.97 Å². The number of nitrogens with two attached hydrogens (primary N) is 1. The molecule has 1 aliphatic rings. The summed E-state index contributed by atoms with van der Waals surface area (Å²) >= 11 is 1.42. The summed E-state index contributed by atoms with van der Waals surface area (Å²) in [4.78, 5) is 10.2. The molecule has 3 heterocycles. The summed E-state index contributed by atoms with van der Waals surface area (Å²) in [6, 6.07) is 4.46. The Morgan fingerprint density at radius 3 is 2.63 bits per heavy atom. The van der Waals surface area contributed by atoms with Crippen molar-refractivity contribution in [3.05, 3.63) is 28.8 Å². The molecule has 4 rings (SSSR count). The molecule has 0 spiro atoms. The molecule has 0 aromatic carbocycles. The predicted molar refractivity (Wildman–Crippen MR) is 95.1 cm³/mol. The highest BCUT2D eigenvalue weighted by atomic mass is 32.1. The molecule has 0 saturated heterocycles. The molecule has 0 radical (unpaired) electrons. The van der Waals surface area contributed by atoms with Crippen LogP contribution in [0, 0.1) is 5.92 Å². The number of alkyl halides is 4. The lowest BCUT2D eigenvalue weighted by Gasteiger charge is -2.27. The van der Waals surface area contributed by atoms with E-state index >= 15 is 0 Å². The Kier molecular flexibility index (Phi) is 4.57. The van der Waals surface area contributed by atoms with Crippen molar-refractivity contribution in [1.29, 1.82) is 0 Å². The van der Waals surface area contributed by atoms with Crippen LogP contribution in [0.25, 0.3) is 21.8 Å². The van der Waals surface area contributed by atoms with Gasteiger partial charge < -0.3 is 10.2 Å². The molecule has 9 heteroatoms. The highest BCUT2D eigenvalue weighted by Gasteiger charge is 2.35. The molecule has 3 aromatic heterocycles. The van der Waals surface area contributed by atoms with Crippen molar-refractivity contribution < 1.29 is 22.0 Å². The highest BCUT2D eigenvalue weighted by molar-refractivity contribution is 7.18. The zero-order valence-corrected chi connectivity index (χ0v) is 15.0. The summed E-state index contributed by atoms with van der Waals surface area (Å²) < 4.78 is 57.1. The third-order valence-corrected chi connectivity index (χ3v) is 5.91. The van der Waals surface area contributed by atoms with Crippen molar-refractivity contribution >= 4 is 27.4 Å². The number of hydrogen-bond donors (Lipinski definition) is 1. The molecule has 0 unspecified atom stereocenters. The summed E-state index contributed by atoms with van der Waals surface area (Å²) in [6.45, 7) is 0. The van der Waals surface area contributed by atoms with Crippen molar-refractivity contribution in [2.24, 2.45) is 5.92 Å². The Morgan fingerprint density at radius 2 is 1.96 bits per heavy atom. The van der Waals surface area contributed by atoms with Crippen LogP contribution in [0.1, 0.15) is 42.7 Å². The first kappa shape index (κ1) is 18.2. The molecule has 0 bridgehead atoms. The zero-order chi connectivity index (χ0) is 19.2. The van der Waals surface area contributed by atoms with Gasteiger partial charge in [0.15, 0.2) is 17.3 Å². The quantitative estimate of drug-likeness (QED) is 0.560. The van der Waals surface area contributed by atoms with E-state index in [1.807, 2.05) is 6.07 Å². The van der Waals surface area contributed by atoms with E-state index in [1.165, 1.54) is 23.5 Å². The number of rotatable bonds is 4.